The first kappa shape index (κ1) is 36.1. The highest BCUT2D eigenvalue weighted by atomic mass is 16.4. The van der Waals surface area contributed by atoms with Crippen LogP contribution in [0.15, 0.2) is 170 Å². The largest absolute Gasteiger partial charge is 0.478 e. The van der Waals surface area contributed by atoms with Gasteiger partial charge in [0.1, 0.15) is 0 Å². The van der Waals surface area contributed by atoms with E-state index in [2.05, 4.69) is 10.6 Å². The van der Waals surface area contributed by atoms with Crippen molar-refractivity contribution in [3.8, 4) is 27.9 Å². The molecule has 266 valence electrons. The van der Waals surface area contributed by atoms with Gasteiger partial charge in [0.15, 0.2) is 0 Å². The molecule has 1 heterocycles. The summed E-state index contributed by atoms with van der Waals surface area (Å²) in [6.45, 7) is 0. The Hall–Kier alpha value is -7.72. The number of anilines is 3. The zero-order valence-electron chi connectivity index (χ0n) is 28.7. The minimum atomic E-state index is -1.11. The van der Waals surface area contributed by atoms with Crippen molar-refractivity contribution in [2.24, 2.45) is 0 Å². The number of amides is 2. The number of hydrogen-bond acceptors (Lipinski definition) is 5. The fraction of sp³-hybridized carbons (Fsp3) is 0. The van der Waals surface area contributed by atoms with Crippen molar-refractivity contribution < 1.29 is 29.4 Å². The van der Waals surface area contributed by atoms with E-state index in [4.69, 9.17) is 5.73 Å². The smallest absolute Gasteiger partial charge is 0.337 e. The van der Waals surface area contributed by atoms with E-state index in [1.807, 2.05) is 95.8 Å². The van der Waals surface area contributed by atoms with Gasteiger partial charge in [-0.3, -0.25) is 9.59 Å². The predicted molar refractivity (Wildman–Crippen MR) is 210 cm³/mol. The van der Waals surface area contributed by atoms with Crippen LogP contribution in [0.25, 0.3) is 27.9 Å². The molecule has 0 saturated heterocycles. The van der Waals surface area contributed by atoms with Crippen LogP contribution in [-0.2, 0) is 0 Å². The third-order valence-corrected chi connectivity index (χ3v) is 8.37. The summed E-state index contributed by atoms with van der Waals surface area (Å²) >= 11 is 0. The van der Waals surface area contributed by atoms with Crippen LogP contribution in [0.4, 0.5) is 17.1 Å². The van der Waals surface area contributed by atoms with Gasteiger partial charge in [0.05, 0.1) is 22.5 Å². The normalized spacial score (nSPS) is 10.4. The predicted octanol–water partition coefficient (Wildman–Crippen LogP) is 8.98. The fourth-order valence-corrected chi connectivity index (χ4v) is 5.67. The summed E-state index contributed by atoms with van der Waals surface area (Å²) in [6.07, 6.45) is 3.78. The molecule has 0 aliphatic heterocycles. The Morgan fingerprint density at radius 1 is 0.463 bits per heavy atom. The van der Waals surface area contributed by atoms with Crippen molar-refractivity contribution in [3.05, 3.63) is 192 Å². The second-order valence-corrected chi connectivity index (χ2v) is 12.0. The molecule has 1 aromatic heterocycles. The second kappa shape index (κ2) is 16.5. The highest BCUT2D eigenvalue weighted by Gasteiger charge is 2.17. The Labute approximate surface area is 310 Å². The minimum Gasteiger partial charge on any atom is -0.478 e. The van der Waals surface area contributed by atoms with E-state index in [1.165, 1.54) is 18.2 Å². The monoisotopic (exact) mass is 714 g/mol. The van der Waals surface area contributed by atoms with Crippen molar-refractivity contribution in [3.63, 3.8) is 0 Å². The highest BCUT2D eigenvalue weighted by Crippen LogP contribution is 2.28. The third-order valence-electron chi connectivity index (χ3n) is 8.37. The average molecular weight is 715 g/mol. The molecule has 54 heavy (non-hydrogen) atoms. The zero-order valence-corrected chi connectivity index (χ0v) is 28.7. The van der Waals surface area contributed by atoms with E-state index in [1.54, 1.807) is 60.7 Å². The number of nitrogen functional groups attached to an aromatic ring is 1. The van der Waals surface area contributed by atoms with E-state index in [0.717, 1.165) is 27.9 Å². The number of carbonyl (C=O) groups is 4. The van der Waals surface area contributed by atoms with Crippen LogP contribution >= 0.6 is 0 Å². The van der Waals surface area contributed by atoms with Crippen LogP contribution in [-0.4, -0.2) is 38.5 Å². The average Bonchev–Trinajstić information content (AvgIpc) is 3.74. The van der Waals surface area contributed by atoms with Gasteiger partial charge in [-0.05, 0) is 95.1 Å². The number of rotatable bonds is 9. The van der Waals surface area contributed by atoms with Gasteiger partial charge < -0.3 is 31.1 Å². The maximum absolute atomic E-state index is 12.8. The van der Waals surface area contributed by atoms with E-state index in [9.17, 15) is 29.4 Å². The summed E-state index contributed by atoms with van der Waals surface area (Å²) in [5, 5.41) is 24.3. The van der Waals surface area contributed by atoms with Gasteiger partial charge in [0.2, 0.25) is 0 Å². The van der Waals surface area contributed by atoms with Gasteiger partial charge in [0, 0.05) is 34.9 Å². The molecule has 0 spiro atoms. The number of aromatic carboxylic acids is 2. The lowest BCUT2D eigenvalue weighted by molar-refractivity contribution is 0.0687. The lowest BCUT2D eigenvalue weighted by Gasteiger charge is -2.12. The molecule has 0 radical (unpaired) electrons. The molecule has 10 nitrogen and oxygen atoms in total. The quantitative estimate of drug-likeness (QED) is 0.0932. The summed E-state index contributed by atoms with van der Waals surface area (Å²) in [5.41, 5.74) is 11.9. The van der Waals surface area contributed by atoms with E-state index >= 15 is 0 Å². The maximum atomic E-state index is 12.8. The van der Waals surface area contributed by atoms with Crippen molar-refractivity contribution in [1.82, 2.24) is 4.57 Å². The topological polar surface area (TPSA) is 164 Å². The summed E-state index contributed by atoms with van der Waals surface area (Å²) in [7, 11) is 0. The second-order valence-electron chi connectivity index (χ2n) is 12.0. The molecule has 0 aliphatic carbocycles. The molecule has 6 aromatic carbocycles. The Morgan fingerprint density at radius 2 is 0.926 bits per heavy atom. The summed E-state index contributed by atoms with van der Waals surface area (Å²) in [4.78, 5) is 48.4. The van der Waals surface area contributed by atoms with Crippen molar-refractivity contribution in [2.75, 3.05) is 16.4 Å². The van der Waals surface area contributed by atoms with Crippen LogP contribution in [0, 0.1) is 0 Å². The number of nitrogens with two attached hydrogens (primary N) is 1. The van der Waals surface area contributed by atoms with E-state index < -0.39 is 17.8 Å². The standard InChI is InChI=1S/C24H18N2O3.C20H16N2O3/c27-23(19-9-6-10-20(15-19)26-13-4-5-14-26)25-22-16-18(11-12-21(22)24(28)29)17-7-2-1-3-8-17;21-16-8-4-7-15(11-16)19(23)22-18-12-14(9-10-17(18)20(24)25)13-5-2-1-3-6-13/h1-16H,(H,25,27)(H,28,29);1-12H,21H2,(H,22,23)(H,24,25). The molecule has 0 bridgehead atoms. The maximum Gasteiger partial charge on any atom is 0.337 e. The number of carboxylic acids is 2. The molecule has 6 N–H and O–H groups in total. The van der Waals surface area contributed by atoms with Gasteiger partial charge in [-0.1, -0.05) is 84.9 Å². The molecule has 0 saturated carbocycles. The van der Waals surface area contributed by atoms with Crippen molar-refractivity contribution >= 4 is 40.8 Å². The molecular formula is C44H34N4O6. The first-order valence-corrected chi connectivity index (χ1v) is 16.7. The Morgan fingerprint density at radius 3 is 1.39 bits per heavy atom. The van der Waals surface area contributed by atoms with E-state index in [-0.39, 0.29) is 28.4 Å². The first-order valence-electron chi connectivity index (χ1n) is 16.7. The molecule has 2 amide bonds. The lowest BCUT2D eigenvalue weighted by atomic mass is 10.0. The van der Waals surface area contributed by atoms with Crippen LogP contribution in [0.2, 0.25) is 0 Å². The van der Waals surface area contributed by atoms with Gasteiger partial charge in [-0.2, -0.15) is 0 Å². The SMILES string of the molecule is Nc1cccc(C(=O)Nc2cc(-c3ccccc3)ccc2C(=O)O)c1.O=C(Nc1cc(-c2ccccc2)ccc1C(=O)O)c1cccc(-n2cccc2)c1. The van der Waals surface area contributed by atoms with Crippen LogP contribution < -0.4 is 16.4 Å². The van der Waals surface area contributed by atoms with Gasteiger partial charge in [0.25, 0.3) is 11.8 Å². The van der Waals surface area contributed by atoms with Crippen molar-refractivity contribution in [1.29, 1.82) is 0 Å². The number of nitrogens with one attached hydrogen (secondary N) is 2. The Bertz CT molecular complexity index is 2450. The number of benzene rings is 6. The number of nitrogens with zero attached hydrogens (tertiary/aromatic N) is 1. The van der Waals surface area contributed by atoms with Crippen LogP contribution in [0.3, 0.4) is 0 Å². The molecule has 7 rings (SSSR count). The Balaban J connectivity index is 0.000000186. The number of aromatic nitrogens is 1. The lowest BCUT2D eigenvalue weighted by Crippen LogP contribution is -2.15. The Kier molecular flexibility index (Phi) is 11.0. The number of hydrogen-bond donors (Lipinski definition) is 5. The number of carboxylic acid groups (broad SMARTS) is 2. The molecule has 7 aromatic rings. The van der Waals surface area contributed by atoms with Crippen LogP contribution in [0.5, 0.6) is 0 Å². The molecule has 0 fully saturated rings. The zero-order chi connectivity index (χ0) is 38.0. The highest BCUT2D eigenvalue weighted by molar-refractivity contribution is 6.09. The fourth-order valence-electron chi connectivity index (χ4n) is 5.67. The van der Waals surface area contributed by atoms with Gasteiger partial charge in [-0.25, -0.2) is 9.59 Å². The van der Waals surface area contributed by atoms with Gasteiger partial charge >= 0.3 is 11.9 Å². The van der Waals surface area contributed by atoms with E-state index in [0.29, 0.717) is 16.8 Å². The first-order chi connectivity index (χ1) is 26.2. The number of carbonyl (C=O) groups excluding carboxylic acids is 2. The third kappa shape index (κ3) is 8.76. The van der Waals surface area contributed by atoms with Crippen molar-refractivity contribution in [2.45, 2.75) is 0 Å². The molecular weight excluding hydrogens is 681 g/mol. The minimum absolute atomic E-state index is 0.0249. The molecule has 0 aliphatic rings. The summed E-state index contributed by atoms with van der Waals surface area (Å²) < 4.78 is 1.90. The van der Waals surface area contributed by atoms with Crippen LogP contribution in [0.1, 0.15) is 41.4 Å². The van der Waals surface area contributed by atoms with Gasteiger partial charge in [-0.15, -0.1) is 0 Å². The summed E-state index contributed by atoms with van der Waals surface area (Å²) in [5.74, 6) is -2.99. The molecule has 0 unspecified atom stereocenters. The molecule has 0 atom stereocenters. The molecule has 10 heteroatoms. The summed E-state index contributed by atoms with van der Waals surface area (Å²) in [6, 6.07) is 46.4.